The van der Waals surface area contributed by atoms with Crippen LogP contribution in [0.15, 0.2) is 35.8 Å². The summed E-state index contributed by atoms with van der Waals surface area (Å²) in [6.07, 6.45) is 3.52. The number of benzene rings is 1. The number of likely N-dealkylation sites (N-methyl/N-ethyl adjacent to an activating group) is 1. The number of likely N-dealkylation sites (tertiary alicyclic amines) is 1. The Balaban J connectivity index is 1.56. The molecule has 2 aliphatic rings. The third kappa shape index (κ3) is 3.21. The molecule has 0 spiro atoms. The van der Waals surface area contributed by atoms with Crippen LogP contribution in [0.3, 0.4) is 0 Å². The van der Waals surface area contributed by atoms with Gasteiger partial charge in [0.25, 0.3) is 5.91 Å². The number of amides is 3. The Morgan fingerprint density at radius 1 is 1.30 bits per heavy atom. The number of thiazole rings is 1. The van der Waals surface area contributed by atoms with Crippen LogP contribution in [-0.4, -0.2) is 59.2 Å². The molecule has 1 aromatic heterocycles. The van der Waals surface area contributed by atoms with Gasteiger partial charge in [-0.1, -0.05) is 12.1 Å². The van der Waals surface area contributed by atoms with E-state index in [4.69, 9.17) is 0 Å². The molecule has 1 unspecified atom stereocenters. The van der Waals surface area contributed by atoms with Gasteiger partial charge in [0.15, 0.2) is 0 Å². The van der Waals surface area contributed by atoms with E-state index in [9.17, 15) is 14.4 Å². The average Bonchev–Trinajstić information content (AvgIpc) is 3.35. The van der Waals surface area contributed by atoms with Crippen molar-refractivity contribution in [2.45, 2.75) is 18.9 Å². The second-order valence-electron chi connectivity index (χ2n) is 6.75. The molecule has 8 heteroatoms. The van der Waals surface area contributed by atoms with E-state index >= 15 is 0 Å². The number of carbonyl (C=O) groups excluding carboxylic acids is 3. The van der Waals surface area contributed by atoms with Crippen molar-refractivity contribution in [3.8, 4) is 0 Å². The van der Waals surface area contributed by atoms with Gasteiger partial charge in [0.1, 0.15) is 18.1 Å². The minimum absolute atomic E-state index is 0.0368. The van der Waals surface area contributed by atoms with Crippen LogP contribution in [-0.2, 0) is 9.59 Å². The van der Waals surface area contributed by atoms with E-state index in [2.05, 4.69) is 4.98 Å². The zero-order valence-electron chi connectivity index (χ0n) is 15.0. The summed E-state index contributed by atoms with van der Waals surface area (Å²) in [7, 11) is 1.65. The van der Waals surface area contributed by atoms with Crippen LogP contribution < -0.4 is 4.90 Å². The predicted octanol–water partition coefficient (Wildman–Crippen LogP) is 1.93. The van der Waals surface area contributed by atoms with Crippen LogP contribution in [0.1, 0.15) is 34.2 Å². The highest BCUT2D eigenvalue weighted by Crippen LogP contribution is 2.33. The summed E-state index contributed by atoms with van der Waals surface area (Å²) in [5, 5.41) is 2.82. The molecule has 140 valence electrons. The minimum Gasteiger partial charge on any atom is -0.332 e. The monoisotopic (exact) mass is 384 g/mol. The number of hydrogen-bond acceptors (Lipinski definition) is 5. The molecule has 1 atom stereocenters. The van der Waals surface area contributed by atoms with Crippen molar-refractivity contribution >= 4 is 34.7 Å². The molecule has 1 aromatic carbocycles. The Kier molecular flexibility index (Phi) is 4.65. The molecule has 3 amide bonds. The number of anilines is 1. The Morgan fingerprint density at radius 2 is 2.11 bits per heavy atom. The lowest BCUT2D eigenvalue weighted by Gasteiger charge is -2.27. The SMILES string of the molecule is CN1C(=O)CN(CC(=O)N2CCCC2c2nccs2)C(=O)c2ccccc21. The number of aromatic nitrogens is 1. The summed E-state index contributed by atoms with van der Waals surface area (Å²) in [6, 6.07) is 6.96. The fourth-order valence-electron chi connectivity index (χ4n) is 3.70. The first-order chi connectivity index (χ1) is 13.1. The van der Waals surface area contributed by atoms with Gasteiger partial charge in [-0.25, -0.2) is 4.98 Å². The van der Waals surface area contributed by atoms with Crippen molar-refractivity contribution in [1.29, 1.82) is 0 Å². The van der Waals surface area contributed by atoms with Crippen LogP contribution in [0, 0.1) is 0 Å². The quantitative estimate of drug-likeness (QED) is 0.810. The molecular formula is C19H20N4O3S. The molecule has 7 nitrogen and oxygen atoms in total. The van der Waals surface area contributed by atoms with Crippen molar-refractivity contribution in [2.75, 3.05) is 31.6 Å². The van der Waals surface area contributed by atoms with Gasteiger partial charge in [-0.2, -0.15) is 0 Å². The molecule has 3 heterocycles. The third-order valence-corrected chi connectivity index (χ3v) is 6.00. The fourth-order valence-corrected chi connectivity index (χ4v) is 4.48. The summed E-state index contributed by atoms with van der Waals surface area (Å²) in [5.74, 6) is -0.642. The van der Waals surface area contributed by atoms with Gasteiger partial charge in [0.2, 0.25) is 11.8 Å². The Labute approximate surface area is 161 Å². The lowest BCUT2D eigenvalue weighted by Crippen LogP contribution is -2.45. The molecular weight excluding hydrogens is 364 g/mol. The number of nitrogens with zero attached hydrogens (tertiary/aromatic N) is 4. The Bertz CT molecular complexity index is 883. The Morgan fingerprint density at radius 3 is 2.89 bits per heavy atom. The van der Waals surface area contributed by atoms with Crippen molar-refractivity contribution < 1.29 is 14.4 Å². The number of para-hydroxylation sites is 1. The van der Waals surface area contributed by atoms with Crippen molar-refractivity contribution in [3.05, 3.63) is 46.4 Å². The second-order valence-corrected chi connectivity index (χ2v) is 7.67. The minimum atomic E-state index is -0.290. The number of rotatable bonds is 3. The zero-order valence-corrected chi connectivity index (χ0v) is 15.8. The molecule has 27 heavy (non-hydrogen) atoms. The van der Waals surface area contributed by atoms with E-state index < -0.39 is 0 Å². The maximum absolute atomic E-state index is 13.0. The van der Waals surface area contributed by atoms with Crippen molar-refractivity contribution in [1.82, 2.24) is 14.8 Å². The fraction of sp³-hybridized carbons (Fsp3) is 0.368. The van der Waals surface area contributed by atoms with E-state index in [1.54, 1.807) is 42.4 Å². The number of carbonyl (C=O) groups is 3. The van der Waals surface area contributed by atoms with E-state index in [0.29, 0.717) is 17.8 Å². The summed E-state index contributed by atoms with van der Waals surface area (Å²) in [4.78, 5) is 47.4. The summed E-state index contributed by atoms with van der Waals surface area (Å²) in [5.41, 5.74) is 1.01. The van der Waals surface area contributed by atoms with E-state index in [0.717, 1.165) is 17.8 Å². The molecule has 2 aromatic rings. The number of fused-ring (bicyclic) bond motifs is 1. The van der Waals surface area contributed by atoms with Gasteiger partial charge in [-0.05, 0) is 25.0 Å². The molecule has 0 N–H and O–H groups in total. The van der Waals surface area contributed by atoms with E-state index in [1.807, 2.05) is 5.38 Å². The van der Waals surface area contributed by atoms with Gasteiger partial charge in [-0.15, -0.1) is 11.3 Å². The maximum Gasteiger partial charge on any atom is 0.256 e. The van der Waals surface area contributed by atoms with Crippen LogP contribution >= 0.6 is 11.3 Å². The molecule has 0 saturated carbocycles. The second kappa shape index (κ2) is 7.11. The van der Waals surface area contributed by atoms with Crippen LogP contribution in [0.4, 0.5) is 5.69 Å². The van der Waals surface area contributed by atoms with Gasteiger partial charge in [0, 0.05) is 25.2 Å². The molecule has 1 saturated heterocycles. The highest BCUT2D eigenvalue weighted by Gasteiger charge is 2.35. The standard InChI is InChI=1S/C19H20N4O3S/c1-21-14-6-3-2-5-13(14)19(26)22(11-16(21)24)12-17(25)23-9-4-7-15(23)18-20-8-10-27-18/h2-3,5-6,8,10,15H,4,7,9,11-12H2,1H3. The first-order valence-corrected chi connectivity index (χ1v) is 9.78. The summed E-state index contributed by atoms with van der Waals surface area (Å²) in [6.45, 7) is 0.440. The average molecular weight is 384 g/mol. The normalized spacial score (nSPS) is 20.0. The smallest absolute Gasteiger partial charge is 0.256 e. The van der Waals surface area contributed by atoms with E-state index in [1.165, 1.54) is 21.1 Å². The van der Waals surface area contributed by atoms with Gasteiger partial charge in [-0.3, -0.25) is 14.4 Å². The predicted molar refractivity (Wildman–Crippen MR) is 102 cm³/mol. The lowest BCUT2D eigenvalue weighted by atomic mass is 10.1. The molecule has 1 fully saturated rings. The molecule has 4 rings (SSSR count). The highest BCUT2D eigenvalue weighted by molar-refractivity contribution is 7.09. The van der Waals surface area contributed by atoms with Crippen LogP contribution in [0.2, 0.25) is 0 Å². The van der Waals surface area contributed by atoms with Gasteiger partial charge in [0.05, 0.1) is 17.3 Å². The summed E-state index contributed by atoms with van der Waals surface area (Å²) < 4.78 is 0. The zero-order chi connectivity index (χ0) is 19.0. The molecule has 2 aliphatic heterocycles. The third-order valence-electron chi connectivity index (χ3n) is 5.12. The van der Waals surface area contributed by atoms with Crippen molar-refractivity contribution in [3.63, 3.8) is 0 Å². The largest absolute Gasteiger partial charge is 0.332 e. The molecule has 0 aliphatic carbocycles. The highest BCUT2D eigenvalue weighted by atomic mass is 32.1. The van der Waals surface area contributed by atoms with Crippen molar-refractivity contribution in [2.24, 2.45) is 0 Å². The maximum atomic E-state index is 13.0. The number of hydrogen-bond donors (Lipinski definition) is 0. The molecule has 0 radical (unpaired) electrons. The van der Waals surface area contributed by atoms with Crippen LogP contribution in [0.25, 0.3) is 0 Å². The topological polar surface area (TPSA) is 73.8 Å². The summed E-state index contributed by atoms with van der Waals surface area (Å²) >= 11 is 1.54. The first-order valence-electron chi connectivity index (χ1n) is 8.90. The first kappa shape index (κ1) is 17.7. The van der Waals surface area contributed by atoms with E-state index in [-0.39, 0.29) is 36.9 Å². The van der Waals surface area contributed by atoms with Crippen LogP contribution in [0.5, 0.6) is 0 Å². The Hall–Kier alpha value is -2.74. The van der Waals surface area contributed by atoms with Gasteiger partial charge >= 0.3 is 0 Å². The van der Waals surface area contributed by atoms with Gasteiger partial charge < -0.3 is 14.7 Å². The lowest BCUT2D eigenvalue weighted by molar-refractivity contribution is -0.133. The molecule has 0 bridgehead atoms.